The number of sulfonamides is 1. The van der Waals surface area contributed by atoms with Gasteiger partial charge in [0.2, 0.25) is 5.09 Å². The second-order valence-corrected chi connectivity index (χ2v) is 5.73. The average Bonchev–Trinajstić information content (AvgIpc) is 2.78. The van der Waals surface area contributed by atoms with Crippen molar-refractivity contribution in [1.29, 1.82) is 0 Å². The van der Waals surface area contributed by atoms with E-state index in [-0.39, 0.29) is 10.7 Å². The fraction of sp³-hybridized carbons (Fsp3) is 0.545. The van der Waals surface area contributed by atoms with Gasteiger partial charge in [0.1, 0.15) is 6.26 Å². The van der Waals surface area contributed by atoms with Crippen molar-refractivity contribution in [2.45, 2.75) is 31.8 Å². The van der Waals surface area contributed by atoms with Crippen molar-refractivity contribution < 1.29 is 22.7 Å². The van der Waals surface area contributed by atoms with Crippen molar-refractivity contribution in [3.8, 4) is 0 Å². The van der Waals surface area contributed by atoms with Gasteiger partial charge in [-0.1, -0.05) is 13.8 Å². The van der Waals surface area contributed by atoms with E-state index in [1.807, 2.05) is 13.8 Å². The molecule has 1 aromatic rings. The molecular formula is C11H17NO5S. The number of aromatic carboxylic acids is 1. The van der Waals surface area contributed by atoms with Crippen LogP contribution in [-0.2, 0) is 10.0 Å². The van der Waals surface area contributed by atoms with Gasteiger partial charge in [0.15, 0.2) is 0 Å². The van der Waals surface area contributed by atoms with Gasteiger partial charge in [-0.05, 0) is 12.8 Å². The van der Waals surface area contributed by atoms with Crippen LogP contribution < -0.4 is 0 Å². The van der Waals surface area contributed by atoms with Crippen LogP contribution in [0.25, 0.3) is 0 Å². The normalized spacial score (nSPS) is 11.9. The Kier molecular flexibility index (Phi) is 4.92. The molecule has 0 aliphatic carbocycles. The summed E-state index contributed by atoms with van der Waals surface area (Å²) in [7, 11) is -3.73. The van der Waals surface area contributed by atoms with Gasteiger partial charge in [-0.25, -0.2) is 13.2 Å². The molecule has 0 amide bonds. The lowest BCUT2D eigenvalue weighted by Crippen LogP contribution is -2.32. The molecule has 7 heteroatoms. The molecule has 102 valence electrons. The zero-order chi connectivity index (χ0) is 13.8. The summed E-state index contributed by atoms with van der Waals surface area (Å²) < 4.78 is 30.5. The first-order valence-corrected chi connectivity index (χ1v) is 7.19. The molecule has 0 saturated carbocycles. The molecule has 0 aliphatic heterocycles. The van der Waals surface area contributed by atoms with E-state index < -0.39 is 16.0 Å². The molecule has 0 unspecified atom stereocenters. The first-order chi connectivity index (χ1) is 8.43. The van der Waals surface area contributed by atoms with Crippen LogP contribution in [0, 0.1) is 0 Å². The minimum atomic E-state index is -3.73. The number of furan rings is 1. The zero-order valence-corrected chi connectivity index (χ0v) is 11.2. The number of carboxylic acid groups (broad SMARTS) is 1. The summed E-state index contributed by atoms with van der Waals surface area (Å²) in [5.74, 6) is -1.21. The molecule has 0 aromatic carbocycles. The third-order valence-corrected chi connectivity index (χ3v) is 4.13. The first-order valence-electron chi connectivity index (χ1n) is 5.75. The molecule has 1 N–H and O–H groups in total. The monoisotopic (exact) mass is 275 g/mol. The maximum absolute atomic E-state index is 12.2. The van der Waals surface area contributed by atoms with Gasteiger partial charge in [0, 0.05) is 19.2 Å². The summed E-state index contributed by atoms with van der Waals surface area (Å²) in [5, 5.41) is 8.42. The van der Waals surface area contributed by atoms with Crippen LogP contribution >= 0.6 is 0 Å². The van der Waals surface area contributed by atoms with E-state index in [0.717, 1.165) is 12.3 Å². The summed E-state index contributed by atoms with van der Waals surface area (Å²) in [6, 6.07) is 1.04. The van der Waals surface area contributed by atoms with Gasteiger partial charge in [0.05, 0.1) is 5.56 Å². The summed E-state index contributed by atoms with van der Waals surface area (Å²) in [6.45, 7) is 4.53. The van der Waals surface area contributed by atoms with Crippen LogP contribution in [0.5, 0.6) is 0 Å². The fourth-order valence-electron chi connectivity index (χ4n) is 1.54. The highest BCUT2D eigenvalue weighted by atomic mass is 32.2. The number of carbonyl (C=O) groups is 1. The highest BCUT2D eigenvalue weighted by Gasteiger charge is 2.27. The lowest BCUT2D eigenvalue weighted by molar-refractivity contribution is 0.0696. The Balaban J connectivity index is 3.05. The molecule has 0 aliphatic rings. The van der Waals surface area contributed by atoms with E-state index in [4.69, 9.17) is 9.52 Å². The number of rotatable bonds is 7. The molecule has 18 heavy (non-hydrogen) atoms. The fourth-order valence-corrected chi connectivity index (χ4v) is 3.09. The number of carboxylic acids is 1. The Morgan fingerprint density at radius 2 is 1.89 bits per heavy atom. The second-order valence-electron chi connectivity index (χ2n) is 3.86. The van der Waals surface area contributed by atoms with Crippen molar-refractivity contribution in [2.75, 3.05) is 13.1 Å². The highest BCUT2D eigenvalue weighted by molar-refractivity contribution is 7.89. The standard InChI is InChI=1S/C11H17NO5S/c1-3-5-12(6-4-2)18(15,16)10-7-9(8-17-10)11(13)14/h7-8H,3-6H2,1-2H3,(H,13,14). The van der Waals surface area contributed by atoms with E-state index in [9.17, 15) is 13.2 Å². The molecule has 1 rings (SSSR count). The van der Waals surface area contributed by atoms with Gasteiger partial charge in [0.25, 0.3) is 10.0 Å². The molecule has 0 atom stereocenters. The molecule has 0 bridgehead atoms. The molecule has 0 fully saturated rings. The molecule has 1 heterocycles. The summed E-state index contributed by atoms with van der Waals surface area (Å²) in [5.41, 5.74) is -0.165. The summed E-state index contributed by atoms with van der Waals surface area (Å²) in [4.78, 5) is 10.7. The predicted molar refractivity (Wildman–Crippen MR) is 65.0 cm³/mol. The highest BCUT2D eigenvalue weighted by Crippen LogP contribution is 2.19. The van der Waals surface area contributed by atoms with Crippen molar-refractivity contribution >= 4 is 16.0 Å². The predicted octanol–water partition coefficient (Wildman–Crippen LogP) is 1.79. The van der Waals surface area contributed by atoms with Gasteiger partial charge in [-0.3, -0.25) is 0 Å². The van der Waals surface area contributed by atoms with E-state index in [2.05, 4.69) is 0 Å². The Morgan fingerprint density at radius 3 is 2.28 bits per heavy atom. The number of nitrogens with zero attached hydrogens (tertiary/aromatic N) is 1. The first kappa shape index (κ1) is 14.7. The van der Waals surface area contributed by atoms with Crippen molar-refractivity contribution in [3.63, 3.8) is 0 Å². The van der Waals surface area contributed by atoms with Gasteiger partial charge in [-0.2, -0.15) is 4.31 Å². The minimum absolute atomic E-state index is 0.165. The number of hydrogen-bond donors (Lipinski definition) is 1. The molecule has 1 aromatic heterocycles. The quantitative estimate of drug-likeness (QED) is 0.819. The second kappa shape index (κ2) is 6.01. The largest absolute Gasteiger partial charge is 0.478 e. The molecular weight excluding hydrogens is 258 g/mol. The lowest BCUT2D eigenvalue weighted by Gasteiger charge is -2.18. The average molecular weight is 275 g/mol. The molecule has 0 spiro atoms. The Bertz CT molecular complexity index is 499. The van der Waals surface area contributed by atoms with E-state index in [1.165, 1.54) is 4.31 Å². The van der Waals surface area contributed by atoms with E-state index >= 15 is 0 Å². The third-order valence-electron chi connectivity index (χ3n) is 2.36. The SMILES string of the molecule is CCCN(CCC)S(=O)(=O)c1cc(C(=O)O)co1. The van der Waals surface area contributed by atoms with Gasteiger partial charge >= 0.3 is 5.97 Å². The van der Waals surface area contributed by atoms with Crippen LogP contribution in [0.15, 0.2) is 21.8 Å². The topological polar surface area (TPSA) is 87.8 Å². The molecule has 0 radical (unpaired) electrons. The Hall–Kier alpha value is -1.34. The number of hydrogen-bond acceptors (Lipinski definition) is 4. The van der Waals surface area contributed by atoms with Gasteiger partial charge in [-0.15, -0.1) is 0 Å². The van der Waals surface area contributed by atoms with Crippen LogP contribution in [0.2, 0.25) is 0 Å². The minimum Gasteiger partial charge on any atom is -0.478 e. The van der Waals surface area contributed by atoms with Crippen LogP contribution in [0.1, 0.15) is 37.0 Å². The maximum atomic E-state index is 12.2. The molecule has 6 nitrogen and oxygen atoms in total. The van der Waals surface area contributed by atoms with Crippen molar-refractivity contribution in [1.82, 2.24) is 4.31 Å². The molecule has 0 saturated heterocycles. The van der Waals surface area contributed by atoms with Crippen LogP contribution in [0.3, 0.4) is 0 Å². The summed E-state index contributed by atoms with van der Waals surface area (Å²) >= 11 is 0. The smallest absolute Gasteiger partial charge is 0.339 e. The third kappa shape index (κ3) is 3.11. The Morgan fingerprint density at radius 1 is 1.33 bits per heavy atom. The van der Waals surface area contributed by atoms with E-state index in [0.29, 0.717) is 25.9 Å². The van der Waals surface area contributed by atoms with E-state index in [1.54, 1.807) is 0 Å². The zero-order valence-electron chi connectivity index (χ0n) is 10.4. The van der Waals surface area contributed by atoms with Crippen LogP contribution in [0.4, 0.5) is 0 Å². The Labute approximate surface area is 106 Å². The maximum Gasteiger partial charge on any atom is 0.339 e. The summed E-state index contributed by atoms with van der Waals surface area (Å²) in [6.07, 6.45) is 2.31. The van der Waals surface area contributed by atoms with Crippen molar-refractivity contribution in [2.24, 2.45) is 0 Å². The van der Waals surface area contributed by atoms with Crippen molar-refractivity contribution in [3.05, 3.63) is 17.9 Å². The lowest BCUT2D eigenvalue weighted by atomic mass is 10.4. The van der Waals surface area contributed by atoms with Crippen LogP contribution in [-0.4, -0.2) is 36.9 Å². The van der Waals surface area contributed by atoms with Gasteiger partial charge < -0.3 is 9.52 Å².